The molecule has 0 unspecified atom stereocenters. The molecular weight excluding hydrogens is 464 g/mol. The van der Waals surface area contributed by atoms with E-state index in [2.05, 4.69) is 86.6 Å². The SMILES string of the molecule is CCCCc1cc2c3cc(-c4ccccc4)sc3c3cc(CCCC)c4ccc5ccc1c1c5c4c3c21. The van der Waals surface area contributed by atoms with Crippen LogP contribution >= 0.6 is 11.3 Å². The Morgan fingerprint density at radius 1 is 0.541 bits per heavy atom. The monoisotopic (exact) mass is 494 g/mol. The average Bonchev–Trinajstić information content (AvgIpc) is 3.55. The fourth-order valence-corrected chi connectivity index (χ4v) is 8.19. The maximum atomic E-state index is 2.56. The number of fused-ring (bicyclic) bond motifs is 3. The van der Waals surface area contributed by atoms with Crippen molar-refractivity contribution in [2.75, 3.05) is 0 Å². The first-order valence-electron chi connectivity index (χ1n) is 14.0. The van der Waals surface area contributed by atoms with Gasteiger partial charge in [0.05, 0.1) is 0 Å². The molecule has 0 aliphatic heterocycles. The van der Waals surface area contributed by atoms with Gasteiger partial charge in [-0.1, -0.05) is 81.3 Å². The molecule has 0 N–H and O–H groups in total. The highest BCUT2D eigenvalue weighted by Crippen LogP contribution is 2.54. The lowest BCUT2D eigenvalue weighted by atomic mass is 9.91. The van der Waals surface area contributed by atoms with Crippen molar-refractivity contribution in [1.29, 1.82) is 0 Å². The minimum atomic E-state index is 1.15. The number of benzene rings is 6. The van der Waals surface area contributed by atoms with E-state index in [0.717, 1.165) is 12.8 Å². The van der Waals surface area contributed by atoms with Gasteiger partial charge in [-0.25, -0.2) is 0 Å². The van der Waals surface area contributed by atoms with Crippen LogP contribution in [0.15, 0.2) is 72.8 Å². The molecule has 0 bridgehead atoms. The maximum Gasteiger partial charge on any atom is 0.0434 e. The van der Waals surface area contributed by atoms with Gasteiger partial charge >= 0.3 is 0 Å². The number of unbranched alkanes of at least 4 members (excludes halogenated alkanes) is 2. The van der Waals surface area contributed by atoms with Crippen molar-refractivity contribution in [3.8, 4) is 10.4 Å². The molecule has 0 aliphatic rings. The highest BCUT2D eigenvalue weighted by Gasteiger charge is 2.26. The van der Waals surface area contributed by atoms with Crippen molar-refractivity contribution < 1.29 is 0 Å². The third-order valence-electron chi connectivity index (χ3n) is 8.73. The minimum absolute atomic E-state index is 1.15. The van der Waals surface area contributed by atoms with Crippen molar-refractivity contribution in [3.63, 3.8) is 0 Å². The van der Waals surface area contributed by atoms with Crippen LogP contribution in [-0.4, -0.2) is 0 Å². The minimum Gasteiger partial charge on any atom is -0.135 e. The third kappa shape index (κ3) is 2.90. The van der Waals surface area contributed by atoms with Crippen LogP contribution in [-0.2, 0) is 12.8 Å². The van der Waals surface area contributed by atoms with Crippen LogP contribution in [0.4, 0.5) is 0 Å². The Balaban J connectivity index is 1.61. The van der Waals surface area contributed by atoms with Gasteiger partial charge in [0.15, 0.2) is 0 Å². The summed E-state index contributed by atoms with van der Waals surface area (Å²) in [6.45, 7) is 4.61. The third-order valence-corrected chi connectivity index (χ3v) is 9.95. The van der Waals surface area contributed by atoms with Crippen LogP contribution in [0.1, 0.15) is 50.7 Å². The van der Waals surface area contributed by atoms with Crippen LogP contribution in [0.2, 0.25) is 0 Å². The molecule has 0 nitrogen and oxygen atoms in total. The van der Waals surface area contributed by atoms with E-state index >= 15 is 0 Å². The number of thiophene rings is 1. The summed E-state index contributed by atoms with van der Waals surface area (Å²) < 4.78 is 1.46. The fourth-order valence-electron chi connectivity index (χ4n) is 6.99. The van der Waals surface area contributed by atoms with Gasteiger partial charge in [-0.15, -0.1) is 11.3 Å². The highest BCUT2D eigenvalue weighted by atomic mass is 32.1. The molecule has 7 aromatic carbocycles. The number of rotatable bonds is 7. The van der Waals surface area contributed by atoms with Crippen LogP contribution in [0, 0.1) is 0 Å². The van der Waals surface area contributed by atoms with Gasteiger partial charge in [-0.2, -0.15) is 0 Å². The first-order valence-corrected chi connectivity index (χ1v) is 14.8. The van der Waals surface area contributed by atoms with E-state index in [4.69, 9.17) is 0 Å². The van der Waals surface area contributed by atoms with Crippen molar-refractivity contribution in [3.05, 3.63) is 83.9 Å². The normalized spacial score (nSPS) is 12.7. The van der Waals surface area contributed by atoms with E-state index in [0.29, 0.717) is 0 Å². The van der Waals surface area contributed by atoms with E-state index in [1.54, 1.807) is 0 Å². The van der Waals surface area contributed by atoms with E-state index in [1.807, 2.05) is 11.3 Å². The molecule has 0 saturated carbocycles. The molecule has 0 aliphatic carbocycles. The summed E-state index contributed by atoms with van der Waals surface area (Å²) in [7, 11) is 0. The maximum absolute atomic E-state index is 2.56. The highest BCUT2D eigenvalue weighted by molar-refractivity contribution is 7.23. The molecule has 37 heavy (non-hydrogen) atoms. The molecule has 180 valence electrons. The number of hydrogen-bond acceptors (Lipinski definition) is 1. The molecule has 0 fully saturated rings. The van der Waals surface area contributed by atoms with E-state index in [1.165, 1.54) is 111 Å². The summed E-state index contributed by atoms with van der Waals surface area (Å²) >= 11 is 1.99. The first kappa shape index (κ1) is 21.6. The zero-order valence-corrected chi connectivity index (χ0v) is 22.4. The Kier molecular flexibility index (Phi) is 4.70. The summed E-state index contributed by atoms with van der Waals surface area (Å²) in [5.41, 5.74) is 4.37. The summed E-state index contributed by atoms with van der Waals surface area (Å²) in [6, 6.07) is 28.1. The molecule has 0 amide bonds. The standard InChI is InChI=1S/C36H30S/c1-3-5-10-23-18-27-28-20-30(21-12-8-7-9-13-21)37-36(28)29-19-24(11-6-4-2)26-17-15-22-14-16-25(23)32-31(22)33(26)35(29)34(27)32/h7-9,12-20H,3-6,10-11H2,1-2H3. The molecule has 1 heterocycles. The molecule has 1 heteroatoms. The quantitative estimate of drug-likeness (QED) is 0.193. The first-order chi connectivity index (χ1) is 18.3. The summed E-state index contributed by atoms with van der Waals surface area (Å²) in [6.07, 6.45) is 7.23. The molecule has 1 aromatic heterocycles. The van der Waals surface area contributed by atoms with E-state index in [-0.39, 0.29) is 0 Å². The summed E-state index contributed by atoms with van der Waals surface area (Å²) in [4.78, 5) is 1.38. The smallest absolute Gasteiger partial charge is 0.0434 e. The average molecular weight is 495 g/mol. The molecule has 0 radical (unpaired) electrons. The van der Waals surface area contributed by atoms with Gasteiger partial charge in [0.2, 0.25) is 0 Å². The lowest BCUT2D eigenvalue weighted by Gasteiger charge is -2.12. The predicted octanol–water partition coefficient (Wildman–Crippen LogP) is 11.3. The summed E-state index contributed by atoms with van der Waals surface area (Å²) in [5.74, 6) is 0. The largest absolute Gasteiger partial charge is 0.135 e. The lowest BCUT2D eigenvalue weighted by molar-refractivity contribution is 0.799. The summed E-state index contributed by atoms with van der Waals surface area (Å²) in [5, 5.41) is 16.3. The van der Waals surface area contributed by atoms with Gasteiger partial charge < -0.3 is 0 Å². The second-order valence-electron chi connectivity index (χ2n) is 10.9. The zero-order valence-electron chi connectivity index (χ0n) is 21.6. The Bertz CT molecular complexity index is 1920. The second kappa shape index (κ2) is 8.04. The topological polar surface area (TPSA) is 0 Å². The van der Waals surface area contributed by atoms with Crippen molar-refractivity contribution in [2.24, 2.45) is 0 Å². The number of aryl methyl sites for hydroxylation is 2. The van der Waals surface area contributed by atoms with Crippen LogP contribution in [0.25, 0.3) is 74.4 Å². The zero-order chi connectivity index (χ0) is 24.7. The van der Waals surface area contributed by atoms with Crippen LogP contribution < -0.4 is 0 Å². The molecule has 0 atom stereocenters. The molecule has 8 rings (SSSR count). The Morgan fingerprint density at radius 2 is 1.14 bits per heavy atom. The molecular formula is C36H30S. The lowest BCUT2D eigenvalue weighted by Crippen LogP contribution is -1.90. The molecule has 0 spiro atoms. The number of hydrogen-bond donors (Lipinski definition) is 0. The van der Waals surface area contributed by atoms with E-state index < -0.39 is 0 Å². The van der Waals surface area contributed by atoms with Gasteiger partial charge in [0.25, 0.3) is 0 Å². The van der Waals surface area contributed by atoms with Gasteiger partial charge in [-0.05, 0) is 104 Å². The van der Waals surface area contributed by atoms with Gasteiger partial charge in [0, 0.05) is 25.7 Å². The Hall–Kier alpha value is -3.42. The van der Waals surface area contributed by atoms with Crippen molar-refractivity contribution in [1.82, 2.24) is 0 Å². The van der Waals surface area contributed by atoms with Gasteiger partial charge in [-0.3, -0.25) is 0 Å². The van der Waals surface area contributed by atoms with E-state index in [9.17, 15) is 0 Å². The van der Waals surface area contributed by atoms with Crippen molar-refractivity contribution in [2.45, 2.75) is 52.4 Å². The Morgan fingerprint density at radius 3 is 1.78 bits per heavy atom. The predicted molar refractivity (Wildman–Crippen MR) is 166 cm³/mol. The van der Waals surface area contributed by atoms with Crippen LogP contribution in [0.5, 0.6) is 0 Å². The van der Waals surface area contributed by atoms with Crippen molar-refractivity contribution >= 4 is 75.3 Å². The fraction of sp³-hybridized carbons (Fsp3) is 0.222. The van der Waals surface area contributed by atoms with Gasteiger partial charge in [0.1, 0.15) is 0 Å². The molecule has 8 aromatic rings. The van der Waals surface area contributed by atoms with Crippen LogP contribution in [0.3, 0.4) is 0 Å². The second-order valence-corrected chi connectivity index (χ2v) is 12.0. The Labute approximate surface area is 221 Å². The molecule has 0 saturated heterocycles.